The van der Waals surface area contributed by atoms with E-state index in [0.717, 1.165) is 39.3 Å². The van der Waals surface area contributed by atoms with E-state index in [-0.39, 0.29) is 26.2 Å². The minimum absolute atomic E-state index is 0. The molecule has 0 aromatic carbocycles. The molecular formula is C14H36N4Zr. The fourth-order valence-corrected chi connectivity index (χ4v) is 0.447. The molecule has 0 N–H and O–H groups in total. The van der Waals surface area contributed by atoms with Crippen molar-refractivity contribution >= 4 is 0 Å². The van der Waals surface area contributed by atoms with E-state index in [1.54, 1.807) is 14.1 Å². The molecule has 0 aliphatic heterocycles. The third-order valence-corrected chi connectivity index (χ3v) is 1.53. The van der Waals surface area contributed by atoms with E-state index < -0.39 is 0 Å². The van der Waals surface area contributed by atoms with Gasteiger partial charge in [0.15, 0.2) is 0 Å². The van der Waals surface area contributed by atoms with E-state index in [9.17, 15) is 0 Å². The Bertz CT molecular complexity index is 67.8. The number of hydrogen-bond donors (Lipinski definition) is 0. The summed E-state index contributed by atoms with van der Waals surface area (Å²) in [4.78, 5) is 0. The van der Waals surface area contributed by atoms with Crippen LogP contribution in [-0.2, 0) is 26.2 Å². The van der Waals surface area contributed by atoms with Gasteiger partial charge < -0.3 is 21.3 Å². The van der Waals surface area contributed by atoms with Gasteiger partial charge in [0.25, 0.3) is 0 Å². The average molecular weight is 352 g/mol. The van der Waals surface area contributed by atoms with Crippen LogP contribution >= 0.6 is 0 Å². The molecule has 0 amide bonds. The summed E-state index contributed by atoms with van der Waals surface area (Å²) in [5.74, 6) is 0. The second-order valence-corrected chi connectivity index (χ2v) is 2.98. The van der Waals surface area contributed by atoms with Crippen molar-refractivity contribution in [3.8, 4) is 0 Å². The number of rotatable bonds is 6. The van der Waals surface area contributed by atoms with Gasteiger partial charge in [-0.3, -0.25) is 0 Å². The standard InChI is InChI=1S/2C4H10N.2C3H8N.Zr/c2*1-3-5-4-2;2*1-3-4-2;/h2*3-4H2,1-2H3;2*3H2,1-2H3;/q4*-1;+4. The van der Waals surface area contributed by atoms with Crippen LogP contribution in [0.15, 0.2) is 0 Å². The first kappa shape index (κ1) is 31.9. The molecule has 0 aromatic heterocycles. The quantitative estimate of drug-likeness (QED) is 0.659. The first-order valence-electron chi connectivity index (χ1n) is 7.03. The van der Waals surface area contributed by atoms with Gasteiger partial charge in [-0.2, -0.15) is 53.4 Å². The van der Waals surface area contributed by atoms with Crippen molar-refractivity contribution in [2.45, 2.75) is 41.5 Å². The Kier molecular flexibility index (Phi) is 85.9. The maximum Gasteiger partial charge on any atom is 4.00 e. The van der Waals surface area contributed by atoms with Crippen molar-refractivity contribution in [2.24, 2.45) is 0 Å². The zero-order chi connectivity index (χ0) is 15.1. The Morgan fingerprint density at radius 2 is 0.632 bits per heavy atom. The molecule has 0 heterocycles. The Morgan fingerprint density at radius 3 is 0.632 bits per heavy atom. The Morgan fingerprint density at radius 1 is 0.474 bits per heavy atom. The van der Waals surface area contributed by atoms with Crippen molar-refractivity contribution in [2.75, 3.05) is 53.4 Å². The summed E-state index contributed by atoms with van der Waals surface area (Å²) in [6.07, 6.45) is 0. The predicted octanol–water partition coefficient (Wildman–Crippen LogP) is 4.82. The molecule has 0 aliphatic carbocycles. The van der Waals surface area contributed by atoms with E-state index in [1.165, 1.54) is 0 Å². The Labute approximate surface area is 142 Å². The fraction of sp³-hybridized carbons (Fsp3) is 1.00. The molecule has 0 radical (unpaired) electrons. The Hall–Kier alpha value is 0.723. The van der Waals surface area contributed by atoms with Gasteiger partial charge in [0.05, 0.1) is 0 Å². The molecule has 0 unspecified atom stereocenters. The molecule has 0 fully saturated rings. The largest absolute Gasteiger partial charge is 4.00 e. The normalized spacial score (nSPS) is 7.58. The van der Waals surface area contributed by atoms with Crippen LogP contribution < -0.4 is 0 Å². The van der Waals surface area contributed by atoms with E-state index in [1.807, 2.05) is 41.5 Å². The minimum atomic E-state index is 0. The summed E-state index contributed by atoms with van der Waals surface area (Å²) in [7, 11) is 3.61. The SMILES string of the molecule is CC[N-]C.CC[N-]C.CC[N-]CC.CC[N-]CC.[Zr+4]. The summed E-state index contributed by atoms with van der Waals surface area (Å²) in [6, 6.07) is 0. The van der Waals surface area contributed by atoms with Crippen molar-refractivity contribution in [3.05, 3.63) is 21.3 Å². The molecular weight excluding hydrogens is 315 g/mol. The van der Waals surface area contributed by atoms with E-state index in [4.69, 9.17) is 0 Å². The van der Waals surface area contributed by atoms with Crippen molar-refractivity contribution < 1.29 is 26.2 Å². The molecule has 5 heteroatoms. The zero-order valence-corrected chi connectivity index (χ0v) is 17.0. The monoisotopic (exact) mass is 350 g/mol. The summed E-state index contributed by atoms with van der Waals surface area (Å²) in [5.41, 5.74) is 0. The van der Waals surface area contributed by atoms with Crippen LogP contribution in [0.1, 0.15) is 41.5 Å². The van der Waals surface area contributed by atoms with Gasteiger partial charge in [-0.15, -0.1) is 0 Å². The van der Waals surface area contributed by atoms with Crippen LogP contribution in [0.4, 0.5) is 0 Å². The Balaban J connectivity index is -0.0000000453. The van der Waals surface area contributed by atoms with Crippen LogP contribution in [-0.4, -0.2) is 53.4 Å². The summed E-state index contributed by atoms with van der Waals surface area (Å²) < 4.78 is 0. The van der Waals surface area contributed by atoms with Crippen molar-refractivity contribution in [1.82, 2.24) is 0 Å². The molecule has 0 atom stereocenters. The summed E-state index contributed by atoms with van der Waals surface area (Å²) in [6.45, 7) is 18.0. The molecule has 19 heavy (non-hydrogen) atoms. The molecule has 0 saturated heterocycles. The minimum Gasteiger partial charge on any atom is -0.665 e. The van der Waals surface area contributed by atoms with Crippen LogP contribution in [0.2, 0.25) is 0 Å². The second kappa shape index (κ2) is 51.1. The van der Waals surface area contributed by atoms with E-state index in [0.29, 0.717) is 0 Å². The van der Waals surface area contributed by atoms with Gasteiger partial charge in [0, 0.05) is 0 Å². The van der Waals surface area contributed by atoms with Gasteiger partial charge in [0.1, 0.15) is 0 Å². The summed E-state index contributed by atoms with van der Waals surface area (Å²) >= 11 is 0. The fourth-order valence-electron chi connectivity index (χ4n) is 0.447. The van der Waals surface area contributed by atoms with Crippen molar-refractivity contribution in [3.63, 3.8) is 0 Å². The predicted molar refractivity (Wildman–Crippen MR) is 88.5 cm³/mol. The number of hydrogen-bond acceptors (Lipinski definition) is 0. The van der Waals surface area contributed by atoms with Crippen LogP contribution in [0, 0.1) is 0 Å². The molecule has 4 nitrogen and oxygen atoms in total. The van der Waals surface area contributed by atoms with E-state index in [2.05, 4.69) is 21.3 Å². The summed E-state index contributed by atoms with van der Waals surface area (Å²) in [5, 5.41) is 15.4. The average Bonchev–Trinajstić information content (AvgIpc) is 2.42. The van der Waals surface area contributed by atoms with Gasteiger partial charge in [0.2, 0.25) is 0 Å². The van der Waals surface area contributed by atoms with E-state index >= 15 is 0 Å². The topological polar surface area (TPSA) is 56.4 Å². The van der Waals surface area contributed by atoms with Crippen molar-refractivity contribution in [1.29, 1.82) is 0 Å². The van der Waals surface area contributed by atoms with Gasteiger partial charge in [-0.1, -0.05) is 41.5 Å². The molecule has 116 valence electrons. The van der Waals surface area contributed by atoms with Crippen LogP contribution in [0.5, 0.6) is 0 Å². The molecule has 0 aliphatic rings. The van der Waals surface area contributed by atoms with Gasteiger partial charge in [-0.25, -0.2) is 0 Å². The first-order chi connectivity index (χ1) is 8.66. The molecule has 0 rings (SSSR count). The maximum atomic E-state index is 3.97. The molecule has 0 aromatic rings. The third kappa shape index (κ3) is 116. The zero-order valence-electron chi connectivity index (χ0n) is 14.5. The molecule has 0 bridgehead atoms. The molecule has 0 spiro atoms. The first-order valence-corrected chi connectivity index (χ1v) is 7.03. The second-order valence-electron chi connectivity index (χ2n) is 2.98. The third-order valence-electron chi connectivity index (χ3n) is 1.53. The smallest absolute Gasteiger partial charge is 0.665 e. The van der Waals surface area contributed by atoms with Crippen LogP contribution in [0.3, 0.4) is 0 Å². The number of nitrogens with zero attached hydrogens (tertiary/aromatic N) is 4. The van der Waals surface area contributed by atoms with Crippen LogP contribution in [0.25, 0.3) is 21.3 Å². The van der Waals surface area contributed by atoms with Gasteiger partial charge >= 0.3 is 26.2 Å². The maximum absolute atomic E-state index is 3.97. The van der Waals surface area contributed by atoms with Gasteiger partial charge in [-0.05, 0) is 0 Å². The molecule has 0 saturated carbocycles.